The molecule has 12 aromatic carbocycles. The first-order chi connectivity index (χ1) is 73.1. The quantitative estimate of drug-likeness (QED) is 0.0384. The summed E-state index contributed by atoms with van der Waals surface area (Å²) in [5.41, 5.74) is 17.8. The van der Waals surface area contributed by atoms with E-state index in [0.717, 1.165) is 171 Å². The van der Waals surface area contributed by atoms with Crippen LogP contribution in [0.4, 0.5) is 5.13 Å². The Kier molecular flexibility index (Phi) is 38.3. The van der Waals surface area contributed by atoms with Gasteiger partial charge in [-0.15, -0.1) is 0 Å². The van der Waals surface area contributed by atoms with Gasteiger partial charge in [0, 0.05) is 52.1 Å². The minimum Gasteiger partial charge on any atom is -0.497 e. The predicted octanol–water partition coefficient (Wildman–Crippen LogP) is 23.1. The minimum atomic E-state index is -3.67. The number of hydrogen-bond donors (Lipinski definition) is 1. The Morgan fingerprint density at radius 2 is 0.832 bits per heavy atom. The average Bonchev–Trinajstić information content (AvgIpc) is 1.69. The summed E-state index contributed by atoms with van der Waals surface area (Å²) >= 11 is 1.36. The van der Waals surface area contributed by atoms with Crippen LogP contribution in [-0.2, 0) is 101 Å². The standard InChI is InChI=1S/C23H23N3O.C22H27N3O2.2C22H27N3O.C16H18N4.C16H16N2O3S2/c1-26-21-13-7-6-12-20(21)25-23(26)16-24-15-19-11-5-8-14-22(19)27-17-18-9-3-2-4-10-18;1-26-18-8-7-9-19(16-18)27-15-14-25-21-11-4-3-10-20(21)23-22(25)17-24-12-5-2-6-13-24;1-18-9-3-6-12-21(18)26-16-15-25-20-11-5-4-10-19(20)23-22(25)17-24-13-7-2-8-14-24;1-18-9-11-19(12-10-18)26-16-15-25-21-8-4-3-7-20(21)23-22(25)17-24-13-5-2-6-14-24;1-19(11-13-7-5-6-10-17-13)12-16-18-14-8-3-4-9-15(14)20(16)2;1-21-12-11-18(23(19,20)13-7-3-2-4-8-13)16-17-14-9-5-6-10-15(14)22-16/h2-14,24H,15-17H2,1H3;3-4,7-11,16H,2,5-6,12-15,17H2,1H3;3-6,9-12H,2,7-8,13-17H2,1H3;3-4,7-12H,2,5-6,13-17H2,1H3;3-10H,11-12H2,1-2H3;2-10H,11-12H2,1H3. The van der Waals surface area contributed by atoms with Gasteiger partial charge in [-0.25, -0.2) is 42.6 Å². The van der Waals surface area contributed by atoms with Gasteiger partial charge in [0.2, 0.25) is 5.13 Å². The largest absolute Gasteiger partial charge is 0.497 e. The van der Waals surface area contributed by atoms with Crippen LogP contribution in [0, 0.1) is 13.8 Å². The Morgan fingerprint density at radius 1 is 0.383 bits per heavy atom. The summed E-state index contributed by atoms with van der Waals surface area (Å²) in [5.74, 6) is 9.99. The number of thiazole rings is 1. The highest BCUT2D eigenvalue weighted by Crippen LogP contribution is 2.34. The molecule has 3 aliphatic rings. The van der Waals surface area contributed by atoms with Gasteiger partial charge in [-0.1, -0.05) is 218 Å². The van der Waals surface area contributed by atoms with Crippen molar-refractivity contribution in [3.8, 4) is 28.7 Å². The van der Waals surface area contributed by atoms with Crippen molar-refractivity contribution in [1.82, 2.24) is 82.6 Å². The molecule has 3 aliphatic heterocycles. The van der Waals surface area contributed by atoms with Crippen molar-refractivity contribution in [3.63, 3.8) is 0 Å². The van der Waals surface area contributed by atoms with Crippen molar-refractivity contribution in [1.29, 1.82) is 0 Å². The summed E-state index contributed by atoms with van der Waals surface area (Å²) in [6.45, 7) is 22.5. The summed E-state index contributed by atoms with van der Waals surface area (Å²) in [4.78, 5) is 43.0. The molecule has 149 heavy (non-hydrogen) atoms. The van der Waals surface area contributed by atoms with Gasteiger partial charge in [-0.2, -0.15) is 0 Å². The maximum absolute atomic E-state index is 13.0. The normalized spacial score (nSPS) is 13.4. The number of aromatic nitrogens is 12. The van der Waals surface area contributed by atoms with Crippen LogP contribution >= 0.6 is 11.3 Å². The van der Waals surface area contributed by atoms with Crippen LogP contribution in [0.3, 0.4) is 0 Å². The van der Waals surface area contributed by atoms with Gasteiger partial charge >= 0.3 is 0 Å². The molecule has 772 valence electrons. The molecule has 0 radical (unpaired) electrons. The average molecular weight is 2040 g/mol. The minimum absolute atomic E-state index is 0.216. The molecular formula is C121H138N18O8S2. The number of likely N-dealkylation sites (tertiary alicyclic amines) is 3. The predicted molar refractivity (Wildman–Crippen MR) is 599 cm³/mol. The molecule has 0 amide bonds. The van der Waals surface area contributed by atoms with Crippen molar-refractivity contribution >= 4 is 91.9 Å². The molecule has 0 spiro atoms. The number of hydrogen-bond acceptors (Lipinski definition) is 21. The van der Waals surface area contributed by atoms with E-state index in [1.807, 2.05) is 170 Å². The summed E-state index contributed by atoms with van der Waals surface area (Å²) in [7, 11) is 5.76. The molecule has 22 rings (SSSR count). The van der Waals surface area contributed by atoms with Crippen LogP contribution in [0.25, 0.3) is 65.4 Å². The van der Waals surface area contributed by atoms with E-state index in [-0.39, 0.29) is 11.4 Å². The molecule has 19 aromatic rings. The monoisotopic (exact) mass is 2040 g/mol. The number of anilines is 1. The Balaban J connectivity index is 0.000000122. The second-order valence-electron chi connectivity index (χ2n) is 37.8. The number of pyridine rings is 1. The smallest absolute Gasteiger partial charge is 0.266 e. The first kappa shape index (κ1) is 106. The topological polar surface area (TPSA) is 233 Å². The molecule has 0 aliphatic carbocycles. The molecule has 0 atom stereocenters. The third-order valence-electron chi connectivity index (χ3n) is 27.0. The number of methoxy groups -OCH3 is 2. The van der Waals surface area contributed by atoms with Crippen molar-refractivity contribution in [2.45, 2.75) is 149 Å². The van der Waals surface area contributed by atoms with E-state index in [1.165, 1.54) is 151 Å². The van der Waals surface area contributed by atoms with Crippen LogP contribution in [0.5, 0.6) is 28.7 Å². The van der Waals surface area contributed by atoms with Crippen LogP contribution in [0.2, 0.25) is 0 Å². The fourth-order valence-electron chi connectivity index (χ4n) is 19.0. The number of sulfonamides is 1. The van der Waals surface area contributed by atoms with E-state index in [9.17, 15) is 8.42 Å². The maximum atomic E-state index is 13.0. The highest BCUT2D eigenvalue weighted by molar-refractivity contribution is 7.93. The highest BCUT2D eigenvalue weighted by atomic mass is 32.2. The van der Waals surface area contributed by atoms with Crippen LogP contribution in [-0.4, -0.2) is 179 Å². The second-order valence-corrected chi connectivity index (χ2v) is 40.7. The first-order valence-corrected chi connectivity index (χ1v) is 54.3. The van der Waals surface area contributed by atoms with Crippen molar-refractivity contribution in [2.24, 2.45) is 14.1 Å². The summed E-state index contributed by atoms with van der Waals surface area (Å²) in [6.07, 6.45) is 13.7. The molecule has 3 saturated heterocycles. The van der Waals surface area contributed by atoms with E-state index in [0.29, 0.717) is 44.7 Å². The Bertz CT molecular complexity index is 7470. The zero-order chi connectivity index (χ0) is 103. The van der Waals surface area contributed by atoms with Crippen molar-refractivity contribution in [2.75, 3.05) is 97.8 Å². The fraction of sp³-hybridized carbons (Fsp3) is 0.314. The molecule has 3 fully saturated rings. The summed E-state index contributed by atoms with van der Waals surface area (Å²) in [5, 5.41) is 3.95. The van der Waals surface area contributed by atoms with E-state index in [2.05, 4.69) is 220 Å². The number of ether oxygens (including phenoxy) is 6. The van der Waals surface area contributed by atoms with E-state index >= 15 is 0 Å². The number of nitrogens with zero attached hydrogens (tertiary/aromatic N) is 17. The number of aryl methyl sites for hydroxylation is 4. The molecule has 0 saturated carbocycles. The van der Waals surface area contributed by atoms with Gasteiger partial charge in [-0.3, -0.25) is 24.6 Å². The van der Waals surface area contributed by atoms with Gasteiger partial charge < -0.3 is 56.6 Å². The number of imidazole rings is 5. The molecular weight excluding hydrogens is 1900 g/mol. The van der Waals surface area contributed by atoms with Gasteiger partial charge in [0.15, 0.2) is 0 Å². The number of piperidine rings is 3. The Labute approximate surface area is 879 Å². The molecule has 0 bridgehead atoms. The highest BCUT2D eigenvalue weighted by Gasteiger charge is 2.29. The van der Waals surface area contributed by atoms with E-state index in [1.54, 1.807) is 44.6 Å². The molecule has 1 N–H and O–H groups in total. The van der Waals surface area contributed by atoms with Gasteiger partial charge in [0.25, 0.3) is 10.0 Å². The lowest BCUT2D eigenvalue weighted by atomic mass is 10.1. The molecule has 10 heterocycles. The van der Waals surface area contributed by atoms with Crippen LogP contribution in [0.15, 0.2) is 333 Å². The Hall–Kier alpha value is -14.5. The number of benzene rings is 12. The number of nitrogens with one attached hydrogen (secondary N) is 1. The SMILES string of the molecule is CN(Cc1ccccn1)Cc1nc2ccccc2n1C.COCCN(c1nc2ccccc2s1)S(=O)(=O)c1ccccc1.COc1cccc(OCCn2c(CN3CCCCC3)nc3ccccc32)c1.Cc1ccc(OCCn2c(CN3CCCCC3)nc3ccccc32)cc1.Cc1ccccc1OCCn1c(CN2CCCCC2)nc2ccccc21.Cn1c(CNCc2ccccc2OCc2ccccc2)nc2ccccc21. The van der Waals surface area contributed by atoms with Gasteiger partial charge in [-0.05, 0) is 243 Å². The summed E-state index contributed by atoms with van der Waals surface area (Å²) < 4.78 is 73.8. The van der Waals surface area contributed by atoms with Crippen molar-refractivity contribution in [3.05, 3.63) is 385 Å². The van der Waals surface area contributed by atoms with E-state index in [4.69, 9.17) is 53.3 Å². The first-order valence-electron chi connectivity index (χ1n) is 52.0. The molecule has 7 aromatic heterocycles. The Morgan fingerprint density at radius 3 is 1.36 bits per heavy atom. The molecule has 26 nitrogen and oxygen atoms in total. The number of rotatable bonds is 36. The lowest BCUT2D eigenvalue weighted by Crippen LogP contribution is -2.33. The van der Waals surface area contributed by atoms with Crippen LogP contribution in [0.1, 0.15) is 115 Å². The fourth-order valence-corrected chi connectivity index (χ4v) is 21.6. The van der Waals surface area contributed by atoms with Gasteiger partial charge in [0.1, 0.15) is 84.3 Å². The second kappa shape index (κ2) is 53.9. The number of para-hydroxylation sites is 13. The third kappa shape index (κ3) is 29.4. The van der Waals surface area contributed by atoms with E-state index < -0.39 is 10.0 Å². The zero-order valence-corrected chi connectivity index (χ0v) is 88.4. The maximum Gasteiger partial charge on any atom is 0.266 e. The molecule has 28 heteroatoms. The lowest BCUT2D eigenvalue weighted by molar-refractivity contribution is 0.208. The van der Waals surface area contributed by atoms with Gasteiger partial charge in [0.05, 0.1) is 149 Å². The van der Waals surface area contributed by atoms with Crippen molar-refractivity contribution < 1.29 is 36.8 Å². The lowest BCUT2D eigenvalue weighted by Gasteiger charge is -2.26. The summed E-state index contributed by atoms with van der Waals surface area (Å²) in [6, 6.07) is 106. The van der Waals surface area contributed by atoms with Crippen LogP contribution < -0.4 is 33.3 Å². The third-order valence-corrected chi connectivity index (χ3v) is 30.0. The number of fused-ring (bicyclic) bond motifs is 6. The molecule has 0 unspecified atom stereocenters. The zero-order valence-electron chi connectivity index (χ0n) is 86.8.